The highest BCUT2D eigenvalue weighted by Crippen LogP contribution is 2.65. The van der Waals surface area contributed by atoms with Gasteiger partial charge in [0.25, 0.3) is 5.91 Å². The van der Waals surface area contributed by atoms with Gasteiger partial charge in [-0.15, -0.1) is 0 Å². The number of ketones is 1. The highest BCUT2D eigenvalue weighted by Gasteiger charge is 2.69. The van der Waals surface area contributed by atoms with E-state index in [0.29, 0.717) is 13.0 Å². The van der Waals surface area contributed by atoms with Gasteiger partial charge >= 0.3 is 6.09 Å². The summed E-state index contributed by atoms with van der Waals surface area (Å²) in [6.45, 7) is 6.48. The van der Waals surface area contributed by atoms with Crippen LogP contribution in [-0.4, -0.2) is 64.8 Å². The fraction of sp³-hybridized carbons (Fsp3) is 0.821. The van der Waals surface area contributed by atoms with Gasteiger partial charge in [-0.3, -0.25) is 19.2 Å². The Morgan fingerprint density at radius 2 is 1.63 bits per heavy atom. The molecule has 5 atom stereocenters. The van der Waals surface area contributed by atoms with E-state index in [4.69, 9.17) is 10.5 Å². The van der Waals surface area contributed by atoms with E-state index in [1.165, 1.54) is 0 Å². The van der Waals surface area contributed by atoms with Crippen LogP contribution in [0.15, 0.2) is 0 Å². The van der Waals surface area contributed by atoms with E-state index in [9.17, 15) is 24.0 Å². The van der Waals surface area contributed by atoms with Crippen molar-refractivity contribution in [2.24, 2.45) is 34.8 Å². The Morgan fingerprint density at radius 3 is 2.21 bits per heavy atom. The molecule has 0 spiro atoms. The number of primary amides is 1. The predicted octanol–water partition coefficient (Wildman–Crippen LogP) is 2.04. The van der Waals surface area contributed by atoms with Crippen LogP contribution in [-0.2, 0) is 23.9 Å². The zero-order valence-corrected chi connectivity index (χ0v) is 22.8. The maximum absolute atomic E-state index is 14.1. The molecule has 0 bridgehead atoms. The number of nitrogens with one attached hydrogen (secondary N) is 2. The van der Waals surface area contributed by atoms with Crippen LogP contribution in [0.1, 0.15) is 85.0 Å². The number of carbonyl (C=O) groups excluding carboxylic acids is 5. The Balaban J connectivity index is 1.35. The maximum atomic E-state index is 14.1. The van der Waals surface area contributed by atoms with Crippen molar-refractivity contribution >= 4 is 29.6 Å². The first-order chi connectivity index (χ1) is 17.9. The first-order valence-corrected chi connectivity index (χ1v) is 14.4. The number of Topliss-reactive ketones (excluding diaryl/α,β-unsaturated/α-hetero) is 1. The first-order valence-electron chi connectivity index (χ1n) is 14.4. The highest BCUT2D eigenvalue weighted by molar-refractivity contribution is 6.37. The Hall–Kier alpha value is -2.65. The second-order valence-electron chi connectivity index (χ2n) is 13.2. The third kappa shape index (κ3) is 5.41. The highest BCUT2D eigenvalue weighted by atomic mass is 16.6. The lowest BCUT2D eigenvalue weighted by Crippen LogP contribution is -2.59. The van der Waals surface area contributed by atoms with Crippen molar-refractivity contribution in [2.45, 2.75) is 109 Å². The zero-order chi connectivity index (χ0) is 27.4. The normalized spacial score (nSPS) is 30.4. The number of amides is 4. The standard InChI is InChI=1S/C28H42N4O6/c1-27(2)17-14-32(21(19(17)27)24(35)30-18(13-15-9-10-15)22(33)23(29)34)25(36)20(16-7-5-4-6-8-16)31-26(37)38-28(3)11-12-28/h15-21H,4-14H2,1-3H3,(H2,29,34)(H,30,35)(H,31,37)/t17-,18?,19-,20-,21-/m0/s1. The summed E-state index contributed by atoms with van der Waals surface area (Å²) < 4.78 is 5.58. The third-order valence-electron chi connectivity index (χ3n) is 9.86. The average Bonchev–Trinajstić information content (AvgIpc) is 3.83. The van der Waals surface area contributed by atoms with Gasteiger partial charge in [-0.2, -0.15) is 0 Å². The van der Waals surface area contributed by atoms with Gasteiger partial charge in [0, 0.05) is 6.54 Å². The summed E-state index contributed by atoms with van der Waals surface area (Å²) in [5.41, 5.74) is 4.69. The summed E-state index contributed by atoms with van der Waals surface area (Å²) in [5.74, 6) is -2.20. The van der Waals surface area contributed by atoms with E-state index in [1.54, 1.807) is 4.90 Å². The molecule has 1 heterocycles. The van der Waals surface area contributed by atoms with Gasteiger partial charge in [0.15, 0.2) is 0 Å². The van der Waals surface area contributed by atoms with Crippen LogP contribution in [0.3, 0.4) is 0 Å². The molecule has 0 aromatic carbocycles. The SMILES string of the molecule is CC1(OC(=O)N[C@H](C(=O)N2C[C@H]3[C@@H]([C@H]2C(=O)NC(CC2CC2)C(=O)C(N)=O)C3(C)C)C2CCCCC2)CC1. The second kappa shape index (κ2) is 9.83. The van der Waals surface area contributed by atoms with Crippen molar-refractivity contribution in [1.82, 2.24) is 15.5 Å². The van der Waals surface area contributed by atoms with E-state index in [2.05, 4.69) is 24.5 Å². The summed E-state index contributed by atoms with van der Waals surface area (Å²) in [6.07, 6.45) is 8.04. The summed E-state index contributed by atoms with van der Waals surface area (Å²) in [5, 5.41) is 5.67. The van der Waals surface area contributed by atoms with E-state index in [-0.39, 0.29) is 35.0 Å². The largest absolute Gasteiger partial charge is 0.443 e. The molecular formula is C28H42N4O6. The molecule has 5 fully saturated rings. The number of fused-ring (bicyclic) bond motifs is 1. The average molecular weight is 531 g/mol. The van der Waals surface area contributed by atoms with Crippen LogP contribution in [0.4, 0.5) is 4.79 Å². The van der Waals surface area contributed by atoms with E-state index in [1.807, 2.05) is 6.92 Å². The molecule has 0 aromatic heterocycles. The molecule has 10 nitrogen and oxygen atoms in total. The number of hydrogen-bond acceptors (Lipinski definition) is 6. The van der Waals surface area contributed by atoms with Crippen LogP contribution in [0, 0.1) is 29.1 Å². The topological polar surface area (TPSA) is 148 Å². The molecule has 4 N–H and O–H groups in total. The van der Waals surface area contributed by atoms with Gasteiger partial charge in [0.1, 0.15) is 17.7 Å². The number of nitrogens with two attached hydrogens (primary N) is 1. The Kier molecular flexibility index (Phi) is 6.97. The van der Waals surface area contributed by atoms with Crippen LogP contribution in [0.5, 0.6) is 0 Å². The maximum Gasteiger partial charge on any atom is 0.408 e. The van der Waals surface area contributed by atoms with Gasteiger partial charge in [0.2, 0.25) is 17.6 Å². The molecule has 1 aliphatic heterocycles. The minimum atomic E-state index is -1.07. The fourth-order valence-corrected chi connectivity index (χ4v) is 6.85. The van der Waals surface area contributed by atoms with Crippen molar-refractivity contribution in [3.63, 3.8) is 0 Å². The molecule has 5 rings (SSSR count). The van der Waals surface area contributed by atoms with Gasteiger partial charge in [-0.1, -0.05) is 46.0 Å². The van der Waals surface area contributed by atoms with Gasteiger partial charge in [-0.05, 0) is 68.1 Å². The molecule has 5 aliphatic rings. The summed E-state index contributed by atoms with van der Waals surface area (Å²) in [6, 6.07) is -2.52. The van der Waals surface area contributed by atoms with Gasteiger partial charge in [-0.25, -0.2) is 4.79 Å². The molecule has 38 heavy (non-hydrogen) atoms. The number of carbonyl (C=O) groups is 5. The quantitative estimate of drug-likeness (QED) is 0.368. The van der Waals surface area contributed by atoms with Crippen LogP contribution in [0.25, 0.3) is 0 Å². The predicted molar refractivity (Wildman–Crippen MR) is 137 cm³/mol. The van der Waals surface area contributed by atoms with Crippen molar-refractivity contribution in [1.29, 1.82) is 0 Å². The third-order valence-corrected chi connectivity index (χ3v) is 9.86. The number of hydrogen-bond donors (Lipinski definition) is 3. The Labute approximate surface area is 224 Å². The number of alkyl carbamates (subject to hydrolysis) is 1. The smallest absolute Gasteiger partial charge is 0.408 e. The molecule has 0 radical (unpaired) electrons. The molecule has 0 aromatic rings. The second-order valence-corrected chi connectivity index (χ2v) is 13.2. The molecule has 1 saturated heterocycles. The monoisotopic (exact) mass is 530 g/mol. The van der Waals surface area contributed by atoms with Crippen molar-refractivity contribution < 1.29 is 28.7 Å². The van der Waals surface area contributed by atoms with E-state index in [0.717, 1.165) is 57.8 Å². The Bertz CT molecular complexity index is 1010. The van der Waals surface area contributed by atoms with Crippen molar-refractivity contribution in [3.05, 3.63) is 0 Å². The molecular weight excluding hydrogens is 488 g/mol. The number of nitrogens with zero attached hydrogens (tertiary/aromatic N) is 1. The molecule has 210 valence electrons. The molecule has 4 amide bonds. The summed E-state index contributed by atoms with van der Waals surface area (Å²) in [7, 11) is 0. The van der Waals surface area contributed by atoms with Gasteiger partial charge < -0.3 is 26.0 Å². The molecule has 1 unspecified atom stereocenters. The van der Waals surface area contributed by atoms with E-state index >= 15 is 0 Å². The first kappa shape index (κ1) is 26.9. The lowest BCUT2D eigenvalue weighted by molar-refractivity contribution is -0.144. The molecule has 10 heteroatoms. The van der Waals surface area contributed by atoms with Gasteiger partial charge in [0.05, 0.1) is 6.04 Å². The van der Waals surface area contributed by atoms with Crippen LogP contribution in [0.2, 0.25) is 0 Å². The number of piperidine rings is 1. The minimum Gasteiger partial charge on any atom is -0.443 e. The number of likely N-dealkylation sites (tertiary alicyclic amines) is 1. The fourth-order valence-electron chi connectivity index (χ4n) is 6.85. The lowest BCUT2D eigenvalue weighted by atomic mass is 9.83. The Morgan fingerprint density at radius 1 is 0.974 bits per heavy atom. The zero-order valence-electron chi connectivity index (χ0n) is 22.8. The number of rotatable bonds is 10. The van der Waals surface area contributed by atoms with E-state index < -0.39 is 47.4 Å². The van der Waals surface area contributed by atoms with Crippen molar-refractivity contribution in [3.8, 4) is 0 Å². The minimum absolute atomic E-state index is 0.0245. The van der Waals surface area contributed by atoms with Crippen LogP contribution >= 0.6 is 0 Å². The summed E-state index contributed by atoms with van der Waals surface area (Å²) in [4.78, 5) is 66.4. The van der Waals surface area contributed by atoms with Crippen LogP contribution < -0.4 is 16.4 Å². The number of ether oxygens (including phenoxy) is 1. The molecule has 4 aliphatic carbocycles. The van der Waals surface area contributed by atoms with Crippen molar-refractivity contribution in [2.75, 3.05) is 6.54 Å². The lowest BCUT2D eigenvalue weighted by Gasteiger charge is -2.37. The summed E-state index contributed by atoms with van der Waals surface area (Å²) >= 11 is 0. The molecule has 4 saturated carbocycles.